The average Bonchev–Trinajstić information content (AvgIpc) is 2.52. The molecule has 2 nitrogen and oxygen atoms in total. The van der Waals surface area contributed by atoms with Crippen LogP contribution in [0.2, 0.25) is 0 Å². The van der Waals surface area contributed by atoms with Gasteiger partial charge in [-0.05, 0) is 24.1 Å². The number of hydrogen-bond acceptors (Lipinski definition) is 2. The summed E-state index contributed by atoms with van der Waals surface area (Å²) in [6.07, 6.45) is 0.625. The molecule has 2 atom stereocenters. The molecule has 0 bridgehead atoms. The van der Waals surface area contributed by atoms with Crippen molar-refractivity contribution >= 4 is 28.3 Å². The molecule has 0 radical (unpaired) electrons. The minimum atomic E-state index is -0.191. The lowest BCUT2D eigenvalue weighted by Gasteiger charge is -2.10. The van der Waals surface area contributed by atoms with Gasteiger partial charge >= 0.3 is 0 Å². The molecule has 1 fully saturated rings. The van der Waals surface area contributed by atoms with E-state index in [0.29, 0.717) is 12.6 Å². The molecule has 1 saturated heterocycles. The Labute approximate surface area is 98.3 Å². The predicted molar refractivity (Wildman–Crippen MR) is 62.8 cm³/mol. The molecule has 4 heteroatoms. The number of aliphatic hydroxyl groups is 1. The smallest absolute Gasteiger partial charge is 0.0682 e. The molecule has 0 spiro atoms. The summed E-state index contributed by atoms with van der Waals surface area (Å²) in [5.41, 5.74) is 1.24. The number of nitrogens with one attached hydrogen (secondary N) is 1. The van der Waals surface area contributed by atoms with E-state index in [0.717, 1.165) is 10.9 Å². The van der Waals surface area contributed by atoms with E-state index in [9.17, 15) is 5.11 Å². The van der Waals surface area contributed by atoms with E-state index in [1.165, 1.54) is 5.56 Å². The maximum Gasteiger partial charge on any atom is 0.0682 e. The van der Waals surface area contributed by atoms with Crippen LogP contribution in [0, 0.1) is 0 Å². The van der Waals surface area contributed by atoms with Gasteiger partial charge in [-0.3, -0.25) is 0 Å². The third kappa shape index (κ3) is 2.70. The van der Waals surface area contributed by atoms with Crippen molar-refractivity contribution in [2.24, 2.45) is 0 Å². The summed E-state index contributed by atoms with van der Waals surface area (Å²) in [6.45, 7) is 0.706. The van der Waals surface area contributed by atoms with Crippen LogP contribution in [0.1, 0.15) is 18.0 Å². The molecule has 0 saturated carbocycles. The summed E-state index contributed by atoms with van der Waals surface area (Å²) in [7, 11) is 0. The maximum absolute atomic E-state index is 9.36. The predicted octanol–water partition coefficient (Wildman–Crippen LogP) is 2.27. The van der Waals surface area contributed by atoms with Crippen molar-refractivity contribution < 1.29 is 5.11 Å². The van der Waals surface area contributed by atoms with E-state index in [1.807, 2.05) is 12.1 Å². The van der Waals surface area contributed by atoms with Crippen LogP contribution in [0.25, 0.3) is 0 Å². The van der Waals surface area contributed by atoms with Gasteiger partial charge in [-0.1, -0.05) is 28.1 Å². The number of hydrogen-bond donors (Lipinski definition) is 2. The average molecular weight is 279 g/mol. The Morgan fingerprint density at radius 3 is 2.79 bits per heavy atom. The van der Waals surface area contributed by atoms with Crippen LogP contribution in [0.4, 0.5) is 0 Å². The molecule has 0 aromatic heterocycles. The number of β-amino-alcohol motifs (C(OH)–C–C–N with tert-alkyl or cyclic N) is 1. The van der Waals surface area contributed by atoms with Gasteiger partial charge in [-0.15, -0.1) is 12.4 Å². The van der Waals surface area contributed by atoms with Gasteiger partial charge in [-0.25, -0.2) is 0 Å². The Morgan fingerprint density at radius 1 is 1.43 bits per heavy atom. The SMILES string of the molecule is Cl.O[C@@H]1CN[C@H](c2cccc(Br)c2)C1. The van der Waals surface area contributed by atoms with E-state index < -0.39 is 0 Å². The zero-order chi connectivity index (χ0) is 9.26. The second kappa shape index (κ2) is 5.12. The van der Waals surface area contributed by atoms with E-state index in [-0.39, 0.29) is 18.5 Å². The maximum atomic E-state index is 9.36. The molecule has 0 aliphatic carbocycles. The summed E-state index contributed by atoms with van der Waals surface area (Å²) in [5, 5.41) is 12.6. The zero-order valence-corrected chi connectivity index (χ0v) is 10.0. The van der Waals surface area contributed by atoms with Crippen molar-refractivity contribution in [3.05, 3.63) is 34.3 Å². The second-order valence-corrected chi connectivity index (χ2v) is 4.32. The first-order valence-electron chi connectivity index (χ1n) is 4.42. The standard InChI is InChI=1S/C10H12BrNO.ClH/c11-8-3-1-2-7(4-8)10-5-9(13)6-12-10;/h1-4,9-10,12-13H,5-6H2;1H/t9-,10-;/m0./s1. The summed E-state index contributed by atoms with van der Waals surface area (Å²) >= 11 is 3.43. The first kappa shape index (κ1) is 12.0. The van der Waals surface area contributed by atoms with E-state index >= 15 is 0 Å². The summed E-state index contributed by atoms with van der Waals surface area (Å²) in [5.74, 6) is 0. The van der Waals surface area contributed by atoms with Crippen LogP contribution in [0.5, 0.6) is 0 Å². The molecule has 14 heavy (non-hydrogen) atoms. The molecule has 2 rings (SSSR count). The monoisotopic (exact) mass is 277 g/mol. The second-order valence-electron chi connectivity index (χ2n) is 3.41. The Balaban J connectivity index is 0.000000980. The van der Waals surface area contributed by atoms with E-state index in [1.54, 1.807) is 0 Å². The fourth-order valence-electron chi connectivity index (χ4n) is 1.69. The van der Waals surface area contributed by atoms with Crippen LogP contribution in [0.3, 0.4) is 0 Å². The van der Waals surface area contributed by atoms with Crippen LogP contribution >= 0.6 is 28.3 Å². The van der Waals surface area contributed by atoms with Crippen molar-refractivity contribution in [2.75, 3.05) is 6.54 Å². The molecular formula is C10H13BrClNO. The van der Waals surface area contributed by atoms with E-state index in [4.69, 9.17) is 0 Å². The van der Waals surface area contributed by atoms with Crippen molar-refractivity contribution in [3.63, 3.8) is 0 Å². The van der Waals surface area contributed by atoms with Crippen LogP contribution in [-0.4, -0.2) is 17.8 Å². The highest BCUT2D eigenvalue weighted by Gasteiger charge is 2.22. The Bertz CT molecular complexity index is 308. The number of aliphatic hydroxyl groups excluding tert-OH is 1. The van der Waals surface area contributed by atoms with Gasteiger partial charge in [0.1, 0.15) is 0 Å². The van der Waals surface area contributed by atoms with Gasteiger partial charge < -0.3 is 10.4 Å². The minimum Gasteiger partial charge on any atom is -0.392 e. The summed E-state index contributed by atoms with van der Waals surface area (Å²) in [6, 6.07) is 8.52. The van der Waals surface area contributed by atoms with Gasteiger partial charge in [0, 0.05) is 17.1 Å². The zero-order valence-electron chi connectivity index (χ0n) is 7.61. The Hall–Kier alpha value is -0.0900. The molecule has 1 heterocycles. The first-order valence-corrected chi connectivity index (χ1v) is 5.22. The van der Waals surface area contributed by atoms with E-state index in [2.05, 4.69) is 33.4 Å². The number of benzene rings is 1. The van der Waals surface area contributed by atoms with Gasteiger partial charge in [0.15, 0.2) is 0 Å². The molecule has 0 unspecified atom stereocenters. The highest BCUT2D eigenvalue weighted by atomic mass is 79.9. The fraction of sp³-hybridized carbons (Fsp3) is 0.400. The molecule has 0 amide bonds. The van der Waals surface area contributed by atoms with Crippen molar-refractivity contribution in [2.45, 2.75) is 18.6 Å². The summed E-state index contributed by atoms with van der Waals surface area (Å²) in [4.78, 5) is 0. The minimum absolute atomic E-state index is 0. The van der Waals surface area contributed by atoms with Gasteiger partial charge in [0.2, 0.25) is 0 Å². The molecule has 1 aromatic rings. The Kier molecular flexibility index (Phi) is 4.38. The molecule has 78 valence electrons. The molecule has 1 aliphatic heterocycles. The van der Waals surface area contributed by atoms with Crippen molar-refractivity contribution in [3.8, 4) is 0 Å². The lowest BCUT2D eigenvalue weighted by atomic mass is 10.1. The first-order chi connectivity index (χ1) is 6.25. The third-order valence-corrected chi connectivity index (χ3v) is 2.85. The van der Waals surface area contributed by atoms with Crippen LogP contribution in [0.15, 0.2) is 28.7 Å². The molecule has 1 aromatic carbocycles. The normalized spacial score (nSPS) is 25.9. The number of rotatable bonds is 1. The fourth-order valence-corrected chi connectivity index (χ4v) is 2.11. The largest absolute Gasteiger partial charge is 0.392 e. The molecular weight excluding hydrogens is 265 g/mol. The van der Waals surface area contributed by atoms with Crippen molar-refractivity contribution in [1.82, 2.24) is 5.32 Å². The molecule has 1 aliphatic rings. The van der Waals surface area contributed by atoms with Crippen molar-refractivity contribution in [1.29, 1.82) is 0 Å². The highest BCUT2D eigenvalue weighted by Crippen LogP contribution is 2.25. The van der Waals surface area contributed by atoms with Crippen LogP contribution in [-0.2, 0) is 0 Å². The van der Waals surface area contributed by atoms with Gasteiger partial charge in [-0.2, -0.15) is 0 Å². The van der Waals surface area contributed by atoms with Crippen LogP contribution < -0.4 is 5.32 Å². The topological polar surface area (TPSA) is 32.3 Å². The quantitative estimate of drug-likeness (QED) is 0.826. The summed E-state index contributed by atoms with van der Waals surface area (Å²) < 4.78 is 1.09. The highest BCUT2D eigenvalue weighted by molar-refractivity contribution is 9.10. The third-order valence-electron chi connectivity index (χ3n) is 2.36. The lowest BCUT2D eigenvalue weighted by Crippen LogP contribution is -2.14. The van der Waals surface area contributed by atoms with Gasteiger partial charge in [0.05, 0.1) is 6.10 Å². The number of halogens is 2. The Morgan fingerprint density at radius 2 is 2.21 bits per heavy atom. The lowest BCUT2D eigenvalue weighted by molar-refractivity contribution is 0.193. The van der Waals surface area contributed by atoms with Gasteiger partial charge in [0.25, 0.3) is 0 Å². The molecule has 2 N–H and O–H groups in total.